The summed E-state index contributed by atoms with van der Waals surface area (Å²) < 4.78 is 2.34. The SMILES string of the molecule is c1ccc(-c2nc(-c3cccc(-c4cccc5c4C4(c6ccccc6-c6ccccc64)c4ccccc4-5)c3)nc(-c3ccc4c5ccccc5n(-c5ccccc5)c4c3)n2)cc1. The van der Waals surface area contributed by atoms with E-state index in [0.29, 0.717) is 17.5 Å². The van der Waals surface area contributed by atoms with Gasteiger partial charge in [-0.1, -0.05) is 188 Å². The van der Waals surface area contributed by atoms with Gasteiger partial charge in [-0.3, -0.25) is 0 Å². The Hall–Kier alpha value is -8.21. The summed E-state index contributed by atoms with van der Waals surface area (Å²) in [5.74, 6) is 1.88. The lowest BCUT2D eigenvalue weighted by Crippen LogP contribution is -2.26. The number of hydrogen-bond acceptors (Lipinski definition) is 3. The molecule has 2 aliphatic carbocycles. The van der Waals surface area contributed by atoms with Crippen LogP contribution in [0, 0.1) is 0 Å². The van der Waals surface area contributed by atoms with Gasteiger partial charge in [0.15, 0.2) is 17.5 Å². The maximum atomic E-state index is 5.30. The first-order valence-corrected chi connectivity index (χ1v) is 21.2. The number of para-hydroxylation sites is 2. The van der Waals surface area contributed by atoms with Crippen LogP contribution in [0.1, 0.15) is 22.3 Å². The van der Waals surface area contributed by atoms with Crippen molar-refractivity contribution in [1.29, 1.82) is 0 Å². The fourth-order valence-corrected chi connectivity index (χ4v) is 10.5. The van der Waals surface area contributed by atoms with E-state index in [1.54, 1.807) is 0 Å². The van der Waals surface area contributed by atoms with Gasteiger partial charge in [-0.2, -0.15) is 0 Å². The third-order valence-electron chi connectivity index (χ3n) is 13.1. The van der Waals surface area contributed by atoms with Crippen LogP contribution < -0.4 is 0 Å². The van der Waals surface area contributed by atoms with Gasteiger partial charge in [-0.15, -0.1) is 0 Å². The lowest BCUT2D eigenvalue weighted by molar-refractivity contribution is 0.796. The van der Waals surface area contributed by atoms with E-state index >= 15 is 0 Å². The first-order chi connectivity index (χ1) is 30.8. The van der Waals surface area contributed by atoms with E-state index in [-0.39, 0.29) is 0 Å². The minimum absolute atomic E-state index is 0.465. The quantitative estimate of drug-likeness (QED) is 0.174. The summed E-state index contributed by atoms with van der Waals surface area (Å²) in [6.45, 7) is 0. The third kappa shape index (κ3) is 4.92. The molecule has 0 aliphatic heterocycles. The highest BCUT2D eigenvalue weighted by Gasteiger charge is 2.52. The summed E-state index contributed by atoms with van der Waals surface area (Å²) in [5.41, 5.74) is 18.4. The molecule has 0 fully saturated rings. The van der Waals surface area contributed by atoms with Crippen molar-refractivity contribution < 1.29 is 0 Å². The third-order valence-corrected chi connectivity index (χ3v) is 13.1. The Labute approximate surface area is 359 Å². The van der Waals surface area contributed by atoms with Gasteiger partial charge < -0.3 is 4.57 Å². The van der Waals surface area contributed by atoms with E-state index in [0.717, 1.165) is 39.0 Å². The van der Waals surface area contributed by atoms with Crippen LogP contribution >= 0.6 is 0 Å². The van der Waals surface area contributed by atoms with E-state index in [1.165, 1.54) is 60.8 Å². The maximum absolute atomic E-state index is 5.30. The highest BCUT2D eigenvalue weighted by Crippen LogP contribution is 2.64. The van der Waals surface area contributed by atoms with Gasteiger partial charge in [0.2, 0.25) is 0 Å². The molecule has 2 heterocycles. The fourth-order valence-electron chi connectivity index (χ4n) is 10.5. The van der Waals surface area contributed by atoms with Crippen molar-refractivity contribution in [3.63, 3.8) is 0 Å². The molecule has 0 saturated heterocycles. The zero-order chi connectivity index (χ0) is 40.8. The number of hydrogen-bond donors (Lipinski definition) is 0. The maximum Gasteiger partial charge on any atom is 0.164 e. The van der Waals surface area contributed by atoms with Crippen molar-refractivity contribution in [2.45, 2.75) is 5.41 Å². The van der Waals surface area contributed by atoms with E-state index in [4.69, 9.17) is 15.0 Å². The molecule has 9 aromatic carbocycles. The molecule has 4 nitrogen and oxygen atoms in total. The molecule has 0 unspecified atom stereocenters. The first-order valence-electron chi connectivity index (χ1n) is 21.2. The number of fused-ring (bicyclic) bond motifs is 13. The van der Waals surface area contributed by atoms with Gasteiger partial charge in [0, 0.05) is 33.2 Å². The van der Waals surface area contributed by atoms with Crippen LogP contribution in [-0.2, 0) is 5.41 Å². The topological polar surface area (TPSA) is 43.6 Å². The van der Waals surface area contributed by atoms with Crippen LogP contribution in [0.4, 0.5) is 0 Å². The molecule has 13 rings (SSSR count). The second-order valence-electron chi connectivity index (χ2n) is 16.3. The van der Waals surface area contributed by atoms with Crippen molar-refractivity contribution in [3.8, 4) is 73.2 Å². The van der Waals surface area contributed by atoms with Gasteiger partial charge in [-0.25, -0.2) is 15.0 Å². The Kier molecular flexibility index (Phi) is 7.49. The largest absolute Gasteiger partial charge is 0.309 e. The Morgan fingerprint density at radius 3 is 1.47 bits per heavy atom. The molecule has 2 aromatic heterocycles. The molecule has 11 aromatic rings. The Balaban J connectivity index is 1.01. The zero-order valence-electron chi connectivity index (χ0n) is 33.6. The Bertz CT molecular complexity index is 3520. The second kappa shape index (κ2) is 13.4. The lowest BCUT2D eigenvalue weighted by Gasteiger charge is -2.32. The van der Waals surface area contributed by atoms with Crippen LogP contribution in [0.2, 0.25) is 0 Å². The lowest BCUT2D eigenvalue weighted by atomic mass is 9.68. The second-order valence-corrected chi connectivity index (χ2v) is 16.3. The first kappa shape index (κ1) is 34.6. The molecule has 0 bridgehead atoms. The summed E-state index contributed by atoms with van der Waals surface area (Å²) in [6.07, 6.45) is 0. The molecular weight excluding hydrogens is 753 g/mol. The Morgan fingerprint density at radius 2 is 0.774 bits per heavy atom. The van der Waals surface area contributed by atoms with E-state index < -0.39 is 5.41 Å². The minimum atomic E-state index is -0.465. The summed E-state index contributed by atoms with van der Waals surface area (Å²) >= 11 is 0. The molecule has 2 aliphatic rings. The molecule has 0 saturated carbocycles. The van der Waals surface area contributed by atoms with Gasteiger partial charge in [0.25, 0.3) is 0 Å². The molecule has 1 spiro atoms. The van der Waals surface area contributed by atoms with Crippen molar-refractivity contribution in [2.75, 3.05) is 0 Å². The average molecular weight is 789 g/mol. The summed E-state index contributed by atoms with van der Waals surface area (Å²) in [5, 5.41) is 2.39. The van der Waals surface area contributed by atoms with Crippen LogP contribution in [0.25, 0.3) is 95.0 Å². The summed E-state index contributed by atoms with van der Waals surface area (Å²) in [6, 6.07) is 78.5. The van der Waals surface area contributed by atoms with Crippen LogP contribution in [0.5, 0.6) is 0 Å². The van der Waals surface area contributed by atoms with Crippen molar-refractivity contribution in [2.24, 2.45) is 0 Å². The summed E-state index contributed by atoms with van der Waals surface area (Å²) in [7, 11) is 0. The molecule has 288 valence electrons. The molecule has 0 atom stereocenters. The Morgan fingerprint density at radius 1 is 0.306 bits per heavy atom. The predicted molar refractivity (Wildman–Crippen MR) is 252 cm³/mol. The number of benzene rings is 9. The highest BCUT2D eigenvalue weighted by atomic mass is 15.0. The van der Waals surface area contributed by atoms with Gasteiger partial charge in [0.1, 0.15) is 0 Å². The minimum Gasteiger partial charge on any atom is -0.309 e. The standard InChI is InChI=1S/C58H36N4/c1-3-17-37(18-4-1)55-59-56(61-57(60-55)40-33-34-47-46-26-10-14-32-52(46)62(53(47)36-40)41-21-5-2-6-22-41)39-20-15-19-38(35-39)42-27-16-28-48-45-25-9-13-31-51(45)58(54(42)48)49-29-11-7-23-43(49)44-24-8-12-30-50(44)58/h1-36H. The van der Waals surface area contributed by atoms with Gasteiger partial charge in [-0.05, 0) is 86.0 Å². The van der Waals surface area contributed by atoms with Crippen molar-refractivity contribution >= 4 is 21.8 Å². The number of rotatable bonds is 5. The fraction of sp³-hybridized carbons (Fsp3) is 0.0172. The molecule has 4 heteroatoms. The highest BCUT2D eigenvalue weighted by molar-refractivity contribution is 6.10. The monoisotopic (exact) mass is 788 g/mol. The number of nitrogens with zero attached hydrogens (tertiary/aromatic N) is 4. The van der Waals surface area contributed by atoms with Crippen molar-refractivity contribution in [3.05, 3.63) is 241 Å². The van der Waals surface area contributed by atoms with E-state index in [9.17, 15) is 0 Å². The molecule has 0 amide bonds. The van der Waals surface area contributed by atoms with Crippen LogP contribution in [0.3, 0.4) is 0 Å². The zero-order valence-corrected chi connectivity index (χ0v) is 33.6. The molecular formula is C58H36N4. The van der Waals surface area contributed by atoms with Crippen molar-refractivity contribution in [1.82, 2.24) is 19.5 Å². The van der Waals surface area contributed by atoms with Gasteiger partial charge >= 0.3 is 0 Å². The van der Waals surface area contributed by atoms with Crippen LogP contribution in [0.15, 0.2) is 218 Å². The predicted octanol–water partition coefficient (Wildman–Crippen LogP) is 14.0. The number of aromatic nitrogens is 4. The summed E-state index contributed by atoms with van der Waals surface area (Å²) in [4.78, 5) is 15.7. The van der Waals surface area contributed by atoms with E-state index in [1.807, 2.05) is 18.2 Å². The molecule has 0 N–H and O–H groups in total. The normalized spacial score (nSPS) is 13.0. The van der Waals surface area contributed by atoms with E-state index in [2.05, 4.69) is 205 Å². The molecule has 0 radical (unpaired) electrons. The van der Waals surface area contributed by atoms with Gasteiger partial charge in [0.05, 0.1) is 16.4 Å². The van der Waals surface area contributed by atoms with Crippen LogP contribution in [-0.4, -0.2) is 19.5 Å². The average Bonchev–Trinajstić information content (AvgIpc) is 3.96. The molecule has 62 heavy (non-hydrogen) atoms. The smallest absolute Gasteiger partial charge is 0.164 e.